The van der Waals surface area contributed by atoms with Crippen LogP contribution in [0.1, 0.15) is 44.9 Å². The number of rotatable bonds is 2. The lowest BCUT2D eigenvalue weighted by Gasteiger charge is -2.50. The van der Waals surface area contributed by atoms with Crippen molar-refractivity contribution in [3.05, 3.63) is 0 Å². The van der Waals surface area contributed by atoms with Gasteiger partial charge in [-0.25, -0.2) is 0 Å². The predicted molar refractivity (Wildman–Crippen MR) is 88.4 cm³/mol. The Morgan fingerprint density at radius 3 is 2.33 bits per heavy atom. The van der Waals surface area contributed by atoms with E-state index in [1.165, 1.54) is 51.5 Å². The summed E-state index contributed by atoms with van der Waals surface area (Å²) in [5.74, 6) is 2.40. The molecule has 0 amide bonds. The standard InChI is InChI=1S/C19H31NO4/c1-20-5-4-13-8-18-19(24-11-23-18)9-14(13)15(20)6-12-2-3-16-17(7-12)22-10-21-16/h12-19H,2-11H2,1H3. The van der Waals surface area contributed by atoms with Crippen LogP contribution >= 0.6 is 0 Å². The zero-order valence-electron chi connectivity index (χ0n) is 14.8. The smallest absolute Gasteiger partial charge is 0.147 e. The summed E-state index contributed by atoms with van der Waals surface area (Å²) in [6, 6.07) is 0.706. The van der Waals surface area contributed by atoms with Crippen LogP contribution in [0.5, 0.6) is 0 Å². The zero-order chi connectivity index (χ0) is 16.1. The van der Waals surface area contributed by atoms with E-state index in [-0.39, 0.29) is 0 Å². The van der Waals surface area contributed by atoms with Gasteiger partial charge in [0, 0.05) is 6.04 Å². The predicted octanol–water partition coefficient (Wildman–Crippen LogP) is 2.39. The summed E-state index contributed by atoms with van der Waals surface area (Å²) in [6.45, 7) is 2.26. The van der Waals surface area contributed by atoms with Gasteiger partial charge in [-0.1, -0.05) is 0 Å². The van der Waals surface area contributed by atoms with Gasteiger partial charge >= 0.3 is 0 Å². The zero-order valence-corrected chi connectivity index (χ0v) is 14.8. The van der Waals surface area contributed by atoms with Gasteiger partial charge in [-0.05, 0) is 76.3 Å². The molecule has 24 heavy (non-hydrogen) atoms. The summed E-state index contributed by atoms with van der Waals surface area (Å²) >= 11 is 0. The molecule has 0 N–H and O–H groups in total. The van der Waals surface area contributed by atoms with Crippen LogP contribution in [0.2, 0.25) is 0 Å². The van der Waals surface area contributed by atoms with Crippen LogP contribution in [-0.2, 0) is 18.9 Å². The minimum atomic E-state index is 0.350. The molecule has 3 saturated heterocycles. The van der Waals surface area contributed by atoms with E-state index in [4.69, 9.17) is 18.9 Å². The Balaban J connectivity index is 1.27. The number of likely N-dealkylation sites (tertiary alicyclic amines) is 1. The van der Waals surface area contributed by atoms with Gasteiger partial charge in [0.15, 0.2) is 0 Å². The average molecular weight is 337 g/mol. The van der Waals surface area contributed by atoms with E-state index in [1.54, 1.807) is 0 Å². The molecule has 5 rings (SSSR count). The third-order valence-corrected chi connectivity index (χ3v) is 7.52. The molecule has 5 nitrogen and oxygen atoms in total. The first-order valence-corrected chi connectivity index (χ1v) is 9.94. The molecule has 0 aromatic rings. The van der Waals surface area contributed by atoms with Gasteiger partial charge in [-0.15, -0.1) is 0 Å². The fourth-order valence-electron chi connectivity index (χ4n) is 6.14. The molecular weight excluding hydrogens is 306 g/mol. The molecule has 5 heteroatoms. The number of piperidine rings is 1. The molecule has 0 aromatic carbocycles. The van der Waals surface area contributed by atoms with Crippen LogP contribution in [0.25, 0.3) is 0 Å². The van der Waals surface area contributed by atoms with E-state index >= 15 is 0 Å². The topological polar surface area (TPSA) is 40.2 Å². The molecule has 8 unspecified atom stereocenters. The Bertz CT molecular complexity index is 461. The monoisotopic (exact) mass is 337 g/mol. The number of ether oxygens (including phenoxy) is 4. The van der Waals surface area contributed by atoms with Crippen molar-refractivity contribution < 1.29 is 18.9 Å². The fraction of sp³-hybridized carbons (Fsp3) is 1.00. The molecule has 2 aliphatic carbocycles. The molecule has 5 fully saturated rings. The molecular formula is C19H31NO4. The van der Waals surface area contributed by atoms with Crippen molar-refractivity contribution in [1.29, 1.82) is 0 Å². The molecule has 0 radical (unpaired) electrons. The van der Waals surface area contributed by atoms with Gasteiger partial charge in [-0.2, -0.15) is 0 Å². The second-order valence-electron chi connectivity index (χ2n) is 8.70. The minimum absolute atomic E-state index is 0.350. The van der Waals surface area contributed by atoms with Gasteiger partial charge in [-0.3, -0.25) is 0 Å². The van der Waals surface area contributed by atoms with Gasteiger partial charge in [0.2, 0.25) is 0 Å². The second kappa shape index (κ2) is 6.51. The van der Waals surface area contributed by atoms with Crippen molar-refractivity contribution in [3.63, 3.8) is 0 Å². The summed E-state index contributed by atoms with van der Waals surface area (Å²) in [7, 11) is 2.33. The minimum Gasteiger partial charge on any atom is -0.349 e. The molecule has 0 aromatic heterocycles. The van der Waals surface area contributed by atoms with E-state index in [2.05, 4.69) is 11.9 Å². The van der Waals surface area contributed by atoms with Crippen LogP contribution < -0.4 is 0 Å². The first-order valence-electron chi connectivity index (χ1n) is 9.94. The summed E-state index contributed by atoms with van der Waals surface area (Å²) < 4.78 is 23.1. The highest BCUT2D eigenvalue weighted by Crippen LogP contribution is 2.46. The number of fused-ring (bicyclic) bond motifs is 3. The van der Waals surface area contributed by atoms with Gasteiger partial charge in [0.05, 0.1) is 24.4 Å². The van der Waals surface area contributed by atoms with Crippen molar-refractivity contribution in [2.75, 3.05) is 27.2 Å². The molecule has 2 saturated carbocycles. The lowest BCUT2D eigenvalue weighted by molar-refractivity contribution is -0.0381. The Hall–Kier alpha value is -0.200. The maximum absolute atomic E-state index is 5.86. The number of hydrogen-bond donors (Lipinski definition) is 0. The van der Waals surface area contributed by atoms with Crippen LogP contribution in [0.15, 0.2) is 0 Å². The summed E-state index contributed by atoms with van der Waals surface area (Å²) in [5.41, 5.74) is 0. The Labute approximate surface area is 144 Å². The van der Waals surface area contributed by atoms with Crippen LogP contribution in [0, 0.1) is 17.8 Å². The normalized spacial score (nSPS) is 51.9. The fourth-order valence-corrected chi connectivity index (χ4v) is 6.14. The molecule has 136 valence electrons. The lowest BCUT2D eigenvalue weighted by atomic mass is 9.66. The first-order chi connectivity index (χ1) is 11.8. The van der Waals surface area contributed by atoms with Crippen LogP contribution in [-0.4, -0.2) is 62.5 Å². The van der Waals surface area contributed by atoms with E-state index in [9.17, 15) is 0 Å². The van der Waals surface area contributed by atoms with Gasteiger partial charge in [0.1, 0.15) is 13.6 Å². The Kier molecular flexibility index (Phi) is 4.34. The highest BCUT2D eigenvalue weighted by molar-refractivity contribution is 4.98. The van der Waals surface area contributed by atoms with Crippen LogP contribution in [0.3, 0.4) is 0 Å². The van der Waals surface area contributed by atoms with Crippen molar-refractivity contribution >= 4 is 0 Å². The summed E-state index contributed by atoms with van der Waals surface area (Å²) in [6.07, 6.45) is 10.2. The molecule has 8 atom stereocenters. The quantitative estimate of drug-likeness (QED) is 0.774. The van der Waals surface area contributed by atoms with E-state index in [0.29, 0.717) is 44.0 Å². The van der Waals surface area contributed by atoms with E-state index in [0.717, 1.165) is 17.8 Å². The largest absolute Gasteiger partial charge is 0.349 e. The molecule has 3 heterocycles. The third-order valence-electron chi connectivity index (χ3n) is 7.52. The lowest BCUT2D eigenvalue weighted by Crippen LogP contribution is -2.53. The highest BCUT2D eigenvalue weighted by Gasteiger charge is 2.47. The SMILES string of the molecule is CN1CCC2CC3OCOC3CC2C1CC1CCC2OCOC2C1. The molecule has 0 bridgehead atoms. The molecule has 3 aliphatic heterocycles. The van der Waals surface area contributed by atoms with E-state index < -0.39 is 0 Å². The van der Waals surface area contributed by atoms with Crippen molar-refractivity contribution in [2.45, 2.75) is 75.4 Å². The van der Waals surface area contributed by atoms with Gasteiger partial charge < -0.3 is 23.8 Å². The van der Waals surface area contributed by atoms with Gasteiger partial charge in [0.25, 0.3) is 0 Å². The maximum Gasteiger partial charge on any atom is 0.147 e. The average Bonchev–Trinajstić information content (AvgIpc) is 3.23. The van der Waals surface area contributed by atoms with Crippen molar-refractivity contribution in [1.82, 2.24) is 4.90 Å². The maximum atomic E-state index is 5.86. The Morgan fingerprint density at radius 2 is 1.50 bits per heavy atom. The Morgan fingerprint density at radius 1 is 0.792 bits per heavy atom. The summed E-state index contributed by atoms with van der Waals surface area (Å²) in [4.78, 5) is 2.63. The third kappa shape index (κ3) is 2.82. The number of nitrogens with zero attached hydrogens (tertiary/aromatic N) is 1. The van der Waals surface area contributed by atoms with Crippen LogP contribution in [0.4, 0.5) is 0 Å². The first kappa shape index (κ1) is 16.0. The number of hydrogen-bond acceptors (Lipinski definition) is 5. The van der Waals surface area contributed by atoms with Crippen molar-refractivity contribution in [2.24, 2.45) is 17.8 Å². The molecule has 5 aliphatic rings. The summed E-state index contributed by atoms with van der Waals surface area (Å²) in [5, 5.41) is 0. The highest BCUT2D eigenvalue weighted by atomic mass is 16.7. The second-order valence-corrected chi connectivity index (χ2v) is 8.70. The van der Waals surface area contributed by atoms with E-state index in [1.807, 2.05) is 0 Å². The van der Waals surface area contributed by atoms with Crippen molar-refractivity contribution in [3.8, 4) is 0 Å². The molecule has 0 spiro atoms.